The topological polar surface area (TPSA) is 23.9 Å². The van der Waals surface area contributed by atoms with Gasteiger partial charge in [0.15, 0.2) is 0 Å². The summed E-state index contributed by atoms with van der Waals surface area (Å²) in [5.41, 5.74) is 0.213. The third-order valence-corrected chi connectivity index (χ3v) is 2.61. The molecule has 2 aliphatic rings. The van der Waals surface area contributed by atoms with Crippen LogP contribution in [0.4, 0.5) is 0 Å². The molecule has 1 N–H and O–H groups in total. The summed E-state index contributed by atoms with van der Waals surface area (Å²) in [6, 6.07) is 0. The van der Waals surface area contributed by atoms with E-state index < -0.39 is 0 Å². The van der Waals surface area contributed by atoms with Gasteiger partial charge in [-0.2, -0.15) is 0 Å². The summed E-state index contributed by atoms with van der Waals surface area (Å²) in [7, 11) is 0. The van der Waals surface area contributed by atoms with Gasteiger partial charge in [-0.15, -0.1) is 0 Å². The first-order chi connectivity index (χ1) is 4.35. The van der Waals surface area contributed by atoms with Crippen LogP contribution in [0.1, 0.15) is 19.3 Å². The van der Waals surface area contributed by atoms with E-state index in [9.17, 15) is 0 Å². The van der Waals surface area contributed by atoms with Crippen LogP contribution < -0.4 is 0 Å². The van der Waals surface area contributed by atoms with Crippen molar-refractivity contribution in [2.45, 2.75) is 19.3 Å². The molecule has 1 heteroatoms. The molecule has 1 fully saturated rings. The lowest BCUT2D eigenvalue weighted by atomic mass is 9.90. The van der Waals surface area contributed by atoms with Crippen molar-refractivity contribution in [1.82, 2.24) is 0 Å². The van der Waals surface area contributed by atoms with Crippen LogP contribution in [0.3, 0.4) is 0 Å². The van der Waals surface area contributed by atoms with Gasteiger partial charge in [0.05, 0.1) is 0 Å². The second-order valence-corrected chi connectivity index (χ2v) is 3.24. The fourth-order valence-corrected chi connectivity index (χ4v) is 1.97. The van der Waals surface area contributed by atoms with Crippen molar-refractivity contribution < 1.29 is 0 Å². The molecule has 0 saturated heterocycles. The Hall–Kier alpha value is -0.590. The Morgan fingerprint density at radius 1 is 1.67 bits per heavy atom. The average Bonchev–Trinajstić information content (AvgIpc) is 2.46. The van der Waals surface area contributed by atoms with E-state index in [1.54, 1.807) is 6.21 Å². The molecule has 0 spiro atoms. The van der Waals surface area contributed by atoms with Crippen molar-refractivity contribution in [1.29, 1.82) is 5.41 Å². The van der Waals surface area contributed by atoms with Crippen molar-refractivity contribution >= 4 is 6.21 Å². The van der Waals surface area contributed by atoms with Crippen LogP contribution in [-0.4, -0.2) is 6.21 Å². The fraction of sp³-hybridized carbons (Fsp3) is 0.625. The fourth-order valence-electron chi connectivity index (χ4n) is 1.97. The van der Waals surface area contributed by atoms with Crippen molar-refractivity contribution in [3.8, 4) is 0 Å². The van der Waals surface area contributed by atoms with Gasteiger partial charge in [0.1, 0.15) is 0 Å². The van der Waals surface area contributed by atoms with E-state index in [1.807, 2.05) is 0 Å². The van der Waals surface area contributed by atoms with Crippen molar-refractivity contribution in [2.24, 2.45) is 11.3 Å². The number of allylic oxidation sites excluding steroid dienone is 2. The summed E-state index contributed by atoms with van der Waals surface area (Å²) in [6.45, 7) is 0. The van der Waals surface area contributed by atoms with Gasteiger partial charge < -0.3 is 5.41 Å². The lowest BCUT2D eigenvalue weighted by Gasteiger charge is -2.14. The molecule has 0 aliphatic heterocycles. The summed E-state index contributed by atoms with van der Waals surface area (Å²) in [5.74, 6) is 0.812. The molecule has 2 atom stereocenters. The van der Waals surface area contributed by atoms with Gasteiger partial charge in [0, 0.05) is 11.6 Å². The molecule has 0 aromatic rings. The van der Waals surface area contributed by atoms with Crippen molar-refractivity contribution in [2.75, 3.05) is 0 Å². The molecule has 0 radical (unpaired) electrons. The first kappa shape index (κ1) is 5.21. The van der Waals surface area contributed by atoms with Crippen LogP contribution in [-0.2, 0) is 0 Å². The van der Waals surface area contributed by atoms with Crippen LogP contribution in [0, 0.1) is 16.7 Å². The molecule has 48 valence electrons. The molecule has 0 amide bonds. The van der Waals surface area contributed by atoms with E-state index in [2.05, 4.69) is 12.2 Å². The number of rotatable bonds is 1. The van der Waals surface area contributed by atoms with Crippen LogP contribution in [0.25, 0.3) is 0 Å². The Morgan fingerprint density at radius 2 is 2.56 bits per heavy atom. The smallest absolute Gasteiger partial charge is 0.0234 e. The summed E-state index contributed by atoms with van der Waals surface area (Å²) >= 11 is 0. The molecule has 2 aliphatic carbocycles. The van der Waals surface area contributed by atoms with Gasteiger partial charge in [-0.05, 0) is 25.2 Å². The number of hydrogen-bond donors (Lipinski definition) is 1. The largest absolute Gasteiger partial charge is 0.312 e. The number of fused-ring (bicyclic) bond motifs is 2. The van der Waals surface area contributed by atoms with Gasteiger partial charge in [-0.3, -0.25) is 0 Å². The van der Waals surface area contributed by atoms with Crippen LogP contribution in [0.2, 0.25) is 0 Å². The Bertz CT molecular complexity index is 171. The highest BCUT2D eigenvalue weighted by Crippen LogP contribution is 2.47. The van der Waals surface area contributed by atoms with E-state index in [0.717, 1.165) is 5.92 Å². The van der Waals surface area contributed by atoms with Crippen LogP contribution >= 0.6 is 0 Å². The lowest BCUT2D eigenvalue weighted by Crippen LogP contribution is -2.11. The highest BCUT2D eigenvalue weighted by molar-refractivity contribution is 5.67. The Labute approximate surface area is 55.3 Å². The molecule has 1 nitrogen and oxygen atoms in total. The predicted octanol–water partition coefficient (Wildman–Crippen LogP) is 1.99. The van der Waals surface area contributed by atoms with Gasteiger partial charge >= 0.3 is 0 Å². The minimum absolute atomic E-state index is 0.213. The molecule has 2 bridgehead atoms. The van der Waals surface area contributed by atoms with E-state index in [1.165, 1.54) is 19.3 Å². The maximum absolute atomic E-state index is 7.20. The minimum atomic E-state index is 0.213. The van der Waals surface area contributed by atoms with E-state index in [4.69, 9.17) is 5.41 Å². The molecule has 9 heavy (non-hydrogen) atoms. The van der Waals surface area contributed by atoms with Gasteiger partial charge in [0.2, 0.25) is 0 Å². The molecule has 0 aromatic carbocycles. The van der Waals surface area contributed by atoms with Crippen molar-refractivity contribution in [3.63, 3.8) is 0 Å². The first-order valence-electron chi connectivity index (χ1n) is 3.56. The molecule has 0 heterocycles. The third kappa shape index (κ3) is 0.576. The standard InChI is InChI=1S/C8H11N/c9-6-8-3-1-7(5-8)2-4-8/h1,3,6-7,9H,2,4-5H2. The Morgan fingerprint density at radius 3 is 2.78 bits per heavy atom. The third-order valence-electron chi connectivity index (χ3n) is 2.61. The molecule has 2 unspecified atom stereocenters. The normalized spacial score (nSPS) is 46.0. The quantitative estimate of drug-likeness (QED) is 0.405. The summed E-state index contributed by atoms with van der Waals surface area (Å²) in [4.78, 5) is 0. The maximum atomic E-state index is 7.20. The SMILES string of the molecule is N=CC12C=CC(CC1)C2. The zero-order valence-electron chi connectivity index (χ0n) is 5.43. The monoisotopic (exact) mass is 121 g/mol. The molecule has 2 rings (SSSR count). The number of hydrogen-bond acceptors (Lipinski definition) is 1. The lowest BCUT2D eigenvalue weighted by molar-refractivity contribution is 0.578. The summed E-state index contributed by atoms with van der Waals surface area (Å²) in [5, 5.41) is 7.20. The molecular formula is C8H11N. The van der Waals surface area contributed by atoms with Gasteiger partial charge in [-0.1, -0.05) is 12.2 Å². The second-order valence-electron chi connectivity index (χ2n) is 3.24. The minimum Gasteiger partial charge on any atom is -0.312 e. The van der Waals surface area contributed by atoms with Gasteiger partial charge in [0.25, 0.3) is 0 Å². The Kier molecular flexibility index (Phi) is 0.850. The predicted molar refractivity (Wildman–Crippen MR) is 37.7 cm³/mol. The zero-order chi connectivity index (χ0) is 6.32. The van der Waals surface area contributed by atoms with Gasteiger partial charge in [-0.25, -0.2) is 0 Å². The van der Waals surface area contributed by atoms with E-state index in [-0.39, 0.29) is 5.41 Å². The highest BCUT2D eigenvalue weighted by Gasteiger charge is 2.38. The Balaban J connectivity index is 2.33. The molecule has 1 saturated carbocycles. The molecule has 0 aromatic heterocycles. The second kappa shape index (κ2) is 1.47. The average molecular weight is 121 g/mol. The maximum Gasteiger partial charge on any atom is 0.0234 e. The summed E-state index contributed by atoms with van der Waals surface area (Å²) in [6.07, 6.45) is 9.86. The first-order valence-corrected chi connectivity index (χ1v) is 3.56. The number of nitrogens with one attached hydrogen (secondary N) is 1. The zero-order valence-corrected chi connectivity index (χ0v) is 5.43. The van der Waals surface area contributed by atoms with Crippen molar-refractivity contribution in [3.05, 3.63) is 12.2 Å². The van der Waals surface area contributed by atoms with Crippen LogP contribution in [0.15, 0.2) is 12.2 Å². The molecular weight excluding hydrogens is 110 g/mol. The van der Waals surface area contributed by atoms with Crippen LogP contribution in [0.5, 0.6) is 0 Å². The highest BCUT2D eigenvalue weighted by atomic mass is 14.5. The summed E-state index contributed by atoms with van der Waals surface area (Å²) < 4.78 is 0. The van der Waals surface area contributed by atoms with E-state index in [0.29, 0.717) is 0 Å². The van der Waals surface area contributed by atoms with E-state index >= 15 is 0 Å².